The number of aliphatic hydroxyl groups is 1. The fraction of sp³-hybridized carbons (Fsp3) is 0.951. The van der Waals surface area contributed by atoms with Gasteiger partial charge in [0.15, 0.2) is 0 Å². The molecule has 0 heterocycles. The molecule has 46 heavy (non-hydrogen) atoms. The van der Waals surface area contributed by atoms with Crippen LogP contribution >= 0.6 is 0 Å². The van der Waals surface area contributed by atoms with Gasteiger partial charge in [-0.05, 0) is 24.7 Å². The Morgan fingerprint density at radius 1 is 0.435 bits per heavy atom. The SMILES string of the molecule is CCC(C)CCCCCCCCCCCCCCCCCCCCC(=O)OC[C@H](O)COC(=O)CCCCCCCCC(C)CC. The van der Waals surface area contributed by atoms with Gasteiger partial charge in [-0.25, -0.2) is 0 Å². The zero-order valence-corrected chi connectivity index (χ0v) is 31.4. The smallest absolute Gasteiger partial charge is 0.305 e. The molecule has 0 aromatic heterocycles. The summed E-state index contributed by atoms with van der Waals surface area (Å²) in [5, 5.41) is 9.99. The molecule has 0 radical (unpaired) electrons. The fourth-order valence-electron chi connectivity index (χ4n) is 6.04. The summed E-state index contributed by atoms with van der Waals surface area (Å²) < 4.78 is 10.3. The average Bonchev–Trinajstić information content (AvgIpc) is 3.06. The average molecular weight is 653 g/mol. The molecule has 0 aliphatic carbocycles. The number of ether oxygens (including phenoxy) is 2. The third-order valence-electron chi connectivity index (χ3n) is 9.92. The first-order chi connectivity index (χ1) is 22.4. The van der Waals surface area contributed by atoms with Crippen molar-refractivity contribution in [2.45, 2.75) is 226 Å². The first-order valence-electron chi connectivity index (χ1n) is 20.4. The lowest BCUT2D eigenvalue weighted by Crippen LogP contribution is -2.25. The van der Waals surface area contributed by atoms with E-state index in [1.54, 1.807) is 0 Å². The van der Waals surface area contributed by atoms with Crippen molar-refractivity contribution < 1.29 is 24.2 Å². The quantitative estimate of drug-likeness (QED) is 0.0538. The Morgan fingerprint density at radius 3 is 0.935 bits per heavy atom. The molecule has 0 aromatic rings. The summed E-state index contributed by atoms with van der Waals surface area (Å²) in [6.07, 6.45) is 35.9. The number of hydrogen-bond donors (Lipinski definition) is 1. The van der Waals surface area contributed by atoms with Crippen LogP contribution in [0.3, 0.4) is 0 Å². The van der Waals surface area contributed by atoms with E-state index in [1.165, 1.54) is 148 Å². The molecule has 5 nitrogen and oxygen atoms in total. The minimum absolute atomic E-state index is 0.110. The van der Waals surface area contributed by atoms with Gasteiger partial charge in [0.05, 0.1) is 0 Å². The molecule has 0 aliphatic heterocycles. The van der Waals surface area contributed by atoms with Crippen molar-refractivity contribution in [3.8, 4) is 0 Å². The highest BCUT2D eigenvalue weighted by atomic mass is 16.6. The van der Waals surface area contributed by atoms with Gasteiger partial charge in [-0.15, -0.1) is 0 Å². The van der Waals surface area contributed by atoms with Crippen molar-refractivity contribution in [1.82, 2.24) is 0 Å². The van der Waals surface area contributed by atoms with Gasteiger partial charge < -0.3 is 14.6 Å². The Balaban J connectivity index is 3.36. The lowest BCUT2D eigenvalue weighted by molar-refractivity contribution is -0.152. The van der Waals surface area contributed by atoms with Crippen LogP contribution in [-0.4, -0.2) is 36.4 Å². The maximum absolute atomic E-state index is 12.0. The van der Waals surface area contributed by atoms with E-state index in [9.17, 15) is 14.7 Å². The summed E-state index contributed by atoms with van der Waals surface area (Å²) in [4.78, 5) is 23.9. The third-order valence-corrected chi connectivity index (χ3v) is 9.92. The van der Waals surface area contributed by atoms with Crippen LogP contribution in [-0.2, 0) is 19.1 Å². The van der Waals surface area contributed by atoms with Crippen LogP contribution < -0.4 is 0 Å². The zero-order valence-electron chi connectivity index (χ0n) is 31.4. The van der Waals surface area contributed by atoms with Crippen LogP contribution in [0.2, 0.25) is 0 Å². The summed E-state index contributed by atoms with van der Waals surface area (Å²) in [6.45, 7) is 9.03. The lowest BCUT2D eigenvalue weighted by atomic mass is 9.99. The number of carbonyl (C=O) groups is 2. The van der Waals surface area contributed by atoms with E-state index in [-0.39, 0.29) is 25.2 Å². The Morgan fingerprint density at radius 2 is 0.674 bits per heavy atom. The molecule has 0 bridgehead atoms. The standard InChI is InChI=1S/C41H80O5/c1-5-37(3)31-27-23-19-17-15-13-11-9-7-8-10-12-14-16-18-20-25-29-33-40(43)45-35-39(42)36-46-41(44)34-30-26-22-21-24-28-32-38(4)6-2/h37-39,42H,5-36H2,1-4H3/t37?,38?,39-/m0/s1. The molecule has 5 heteroatoms. The summed E-state index contributed by atoms with van der Waals surface area (Å²) in [5.74, 6) is 1.19. The molecular formula is C41H80O5. The van der Waals surface area contributed by atoms with E-state index < -0.39 is 6.10 Å². The minimum Gasteiger partial charge on any atom is -0.463 e. The zero-order chi connectivity index (χ0) is 33.9. The van der Waals surface area contributed by atoms with Gasteiger partial charge in [0.2, 0.25) is 0 Å². The van der Waals surface area contributed by atoms with Gasteiger partial charge >= 0.3 is 11.9 Å². The van der Waals surface area contributed by atoms with Crippen LogP contribution in [0.4, 0.5) is 0 Å². The molecule has 0 saturated heterocycles. The fourth-order valence-corrected chi connectivity index (χ4v) is 6.04. The highest BCUT2D eigenvalue weighted by Gasteiger charge is 2.12. The second-order valence-corrected chi connectivity index (χ2v) is 14.6. The van der Waals surface area contributed by atoms with Crippen molar-refractivity contribution >= 4 is 11.9 Å². The van der Waals surface area contributed by atoms with Crippen LogP contribution in [0.5, 0.6) is 0 Å². The first-order valence-corrected chi connectivity index (χ1v) is 20.4. The maximum Gasteiger partial charge on any atom is 0.305 e. The van der Waals surface area contributed by atoms with Crippen LogP contribution in [0.25, 0.3) is 0 Å². The molecule has 274 valence electrons. The summed E-state index contributed by atoms with van der Waals surface area (Å²) in [6, 6.07) is 0. The predicted molar refractivity (Wildman–Crippen MR) is 196 cm³/mol. The molecule has 0 aromatic carbocycles. The number of aliphatic hydroxyl groups excluding tert-OH is 1. The monoisotopic (exact) mass is 653 g/mol. The van der Waals surface area contributed by atoms with Crippen molar-refractivity contribution in [2.24, 2.45) is 11.8 Å². The number of unbranched alkanes of at least 4 members (excludes halogenated alkanes) is 22. The summed E-state index contributed by atoms with van der Waals surface area (Å²) >= 11 is 0. The van der Waals surface area contributed by atoms with E-state index in [0.29, 0.717) is 12.8 Å². The van der Waals surface area contributed by atoms with Gasteiger partial charge in [0.25, 0.3) is 0 Å². The van der Waals surface area contributed by atoms with E-state index in [1.807, 2.05) is 0 Å². The highest BCUT2D eigenvalue weighted by Crippen LogP contribution is 2.17. The molecule has 0 amide bonds. The Labute approximate surface area is 287 Å². The Bertz CT molecular complexity index is 651. The number of rotatable bonds is 36. The number of esters is 2. The number of carbonyl (C=O) groups excluding carboxylic acids is 2. The van der Waals surface area contributed by atoms with Gasteiger partial charge in [-0.3, -0.25) is 9.59 Å². The summed E-state index contributed by atoms with van der Waals surface area (Å²) in [7, 11) is 0. The Hall–Kier alpha value is -1.10. The molecule has 1 N–H and O–H groups in total. The van der Waals surface area contributed by atoms with Crippen LogP contribution in [0, 0.1) is 11.8 Å². The van der Waals surface area contributed by atoms with Gasteiger partial charge in [-0.2, -0.15) is 0 Å². The summed E-state index contributed by atoms with van der Waals surface area (Å²) in [5.41, 5.74) is 0. The maximum atomic E-state index is 12.0. The van der Waals surface area contributed by atoms with Crippen LogP contribution in [0.15, 0.2) is 0 Å². The third kappa shape index (κ3) is 34.2. The second-order valence-electron chi connectivity index (χ2n) is 14.6. The Kier molecular flexibility index (Phi) is 34.4. The largest absolute Gasteiger partial charge is 0.463 e. The predicted octanol–water partition coefficient (Wildman–Crippen LogP) is 12.4. The molecule has 2 unspecified atom stereocenters. The number of hydrogen-bond acceptors (Lipinski definition) is 5. The second kappa shape index (κ2) is 35.2. The van der Waals surface area contributed by atoms with Gasteiger partial charge in [-0.1, -0.05) is 195 Å². The lowest BCUT2D eigenvalue weighted by Gasteiger charge is -2.12. The van der Waals surface area contributed by atoms with Crippen molar-refractivity contribution in [3.63, 3.8) is 0 Å². The molecule has 0 aliphatic rings. The van der Waals surface area contributed by atoms with E-state index >= 15 is 0 Å². The van der Waals surface area contributed by atoms with Crippen molar-refractivity contribution in [2.75, 3.05) is 13.2 Å². The van der Waals surface area contributed by atoms with E-state index in [0.717, 1.165) is 43.9 Å². The van der Waals surface area contributed by atoms with Gasteiger partial charge in [0, 0.05) is 12.8 Å². The van der Waals surface area contributed by atoms with Gasteiger partial charge in [0.1, 0.15) is 19.3 Å². The van der Waals surface area contributed by atoms with Crippen molar-refractivity contribution in [3.05, 3.63) is 0 Å². The van der Waals surface area contributed by atoms with E-state index in [2.05, 4.69) is 27.7 Å². The van der Waals surface area contributed by atoms with Crippen LogP contribution in [0.1, 0.15) is 220 Å². The highest BCUT2D eigenvalue weighted by molar-refractivity contribution is 5.69. The minimum atomic E-state index is -0.956. The molecule has 0 rings (SSSR count). The molecule has 0 saturated carbocycles. The topological polar surface area (TPSA) is 72.8 Å². The van der Waals surface area contributed by atoms with E-state index in [4.69, 9.17) is 9.47 Å². The normalized spacial score (nSPS) is 13.4. The molecule has 3 atom stereocenters. The van der Waals surface area contributed by atoms with Crippen molar-refractivity contribution in [1.29, 1.82) is 0 Å². The first kappa shape index (κ1) is 44.9. The molecule has 0 spiro atoms. The molecule has 0 fully saturated rings. The molecular weight excluding hydrogens is 572 g/mol.